The van der Waals surface area contributed by atoms with Crippen molar-refractivity contribution < 1.29 is 15.3 Å². The molecule has 0 spiro atoms. The zero-order valence-corrected chi connectivity index (χ0v) is 14.1. The molecule has 0 amide bonds. The van der Waals surface area contributed by atoms with Crippen LogP contribution in [0.2, 0.25) is 0 Å². The van der Waals surface area contributed by atoms with Crippen LogP contribution in [0.4, 0.5) is 0 Å². The molecule has 0 saturated heterocycles. The zero-order chi connectivity index (χ0) is 11.6. The van der Waals surface area contributed by atoms with E-state index in [1.807, 2.05) is 0 Å². The Balaban J connectivity index is 3.59. The Kier molecular flexibility index (Phi) is 6.01. The number of halogens is 3. The van der Waals surface area contributed by atoms with Gasteiger partial charge in [-0.05, 0) is 84.5 Å². The maximum atomic E-state index is 9.27. The van der Waals surface area contributed by atoms with Crippen LogP contribution in [0.3, 0.4) is 0 Å². The van der Waals surface area contributed by atoms with Gasteiger partial charge < -0.3 is 15.3 Å². The molecule has 1 aromatic rings. The van der Waals surface area contributed by atoms with Crippen molar-refractivity contribution in [2.24, 2.45) is 0 Å². The van der Waals surface area contributed by atoms with E-state index in [1.165, 1.54) is 0 Å². The lowest BCUT2D eigenvalue weighted by Gasteiger charge is -2.16. The number of hydrogen-bond donors (Lipinski definition) is 3. The van der Waals surface area contributed by atoms with Gasteiger partial charge in [-0.1, -0.05) is 0 Å². The summed E-state index contributed by atoms with van der Waals surface area (Å²) < 4.78 is 2.90. The van der Waals surface area contributed by atoms with Gasteiger partial charge >= 0.3 is 0 Å². The summed E-state index contributed by atoms with van der Waals surface area (Å²) in [5, 5.41) is 27.8. The number of benzene rings is 1. The monoisotopic (exact) mass is 546 g/mol. The third-order valence-electron chi connectivity index (χ3n) is 2.12. The standard InChI is InChI=1S/C9H9I3O3/c10-7-5(2-14)4(1-13)6(3-15)8(11)9(7)12/h13-15H,1-3H2. The van der Waals surface area contributed by atoms with Gasteiger partial charge in [0.2, 0.25) is 0 Å². The summed E-state index contributed by atoms with van der Waals surface area (Å²) in [5.74, 6) is 0. The van der Waals surface area contributed by atoms with Crippen LogP contribution in [0.15, 0.2) is 0 Å². The Morgan fingerprint density at radius 3 is 1.20 bits per heavy atom. The van der Waals surface area contributed by atoms with E-state index < -0.39 is 0 Å². The fourth-order valence-electron chi connectivity index (χ4n) is 1.33. The fourth-order valence-corrected chi connectivity index (χ4v) is 4.03. The third kappa shape index (κ3) is 2.76. The highest BCUT2D eigenvalue weighted by Gasteiger charge is 2.18. The first-order valence-electron chi connectivity index (χ1n) is 4.08. The molecular weight excluding hydrogens is 537 g/mol. The molecule has 0 fully saturated rings. The molecule has 0 atom stereocenters. The molecule has 3 nitrogen and oxygen atoms in total. The minimum absolute atomic E-state index is 0.117. The second-order valence-electron chi connectivity index (χ2n) is 2.85. The number of aliphatic hydroxyl groups is 3. The molecule has 0 aliphatic heterocycles. The van der Waals surface area contributed by atoms with Crippen LogP contribution in [-0.2, 0) is 19.8 Å². The first kappa shape index (κ1) is 14.4. The average molecular weight is 546 g/mol. The highest BCUT2D eigenvalue weighted by Crippen LogP contribution is 2.32. The zero-order valence-electron chi connectivity index (χ0n) is 7.60. The number of hydrogen-bond acceptors (Lipinski definition) is 3. The van der Waals surface area contributed by atoms with E-state index in [0.717, 1.165) is 10.7 Å². The molecule has 0 radical (unpaired) electrons. The summed E-state index contributed by atoms with van der Waals surface area (Å²) in [6.07, 6.45) is 0. The van der Waals surface area contributed by atoms with Crippen LogP contribution < -0.4 is 0 Å². The van der Waals surface area contributed by atoms with Gasteiger partial charge in [-0.3, -0.25) is 0 Å². The van der Waals surface area contributed by atoms with Gasteiger partial charge in [0, 0.05) is 10.7 Å². The molecule has 0 saturated carbocycles. The quantitative estimate of drug-likeness (QED) is 0.402. The summed E-state index contributed by atoms with van der Waals surface area (Å²) in [6, 6.07) is 0. The van der Waals surface area contributed by atoms with Crippen molar-refractivity contribution in [3.8, 4) is 0 Å². The molecule has 1 rings (SSSR count). The van der Waals surface area contributed by atoms with Crippen LogP contribution >= 0.6 is 67.8 Å². The maximum absolute atomic E-state index is 9.27. The first-order chi connectivity index (χ1) is 7.08. The van der Waals surface area contributed by atoms with Crippen molar-refractivity contribution in [2.75, 3.05) is 0 Å². The van der Waals surface area contributed by atoms with Gasteiger partial charge in [-0.2, -0.15) is 0 Å². The van der Waals surface area contributed by atoms with Crippen LogP contribution in [0.1, 0.15) is 16.7 Å². The van der Waals surface area contributed by atoms with Crippen LogP contribution in [0, 0.1) is 10.7 Å². The third-order valence-corrected chi connectivity index (χ3v) is 7.64. The van der Waals surface area contributed by atoms with Gasteiger partial charge in [0.05, 0.1) is 19.8 Å². The lowest BCUT2D eigenvalue weighted by molar-refractivity contribution is 0.246. The van der Waals surface area contributed by atoms with Crippen LogP contribution in [-0.4, -0.2) is 15.3 Å². The van der Waals surface area contributed by atoms with Crippen molar-refractivity contribution >= 4 is 67.8 Å². The normalized spacial score (nSPS) is 10.8. The highest BCUT2D eigenvalue weighted by molar-refractivity contribution is 14.1. The predicted molar refractivity (Wildman–Crippen MR) is 82.4 cm³/mol. The lowest BCUT2D eigenvalue weighted by Crippen LogP contribution is -2.08. The van der Waals surface area contributed by atoms with Gasteiger partial charge in [0.1, 0.15) is 0 Å². The Morgan fingerprint density at radius 1 is 0.600 bits per heavy atom. The highest BCUT2D eigenvalue weighted by atomic mass is 127. The minimum Gasteiger partial charge on any atom is -0.392 e. The van der Waals surface area contributed by atoms with Crippen molar-refractivity contribution in [2.45, 2.75) is 19.8 Å². The Bertz CT molecular complexity index is 348. The maximum Gasteiger partial charge on any atom is 0.0696 e. The molecule has 0 heterocycles. The average Bonchev–Trinajstić information content (AvgIpc) is 2.25. The molecule has 0 bridgehead atoms. The van der Waals surface area contributed by atoms with E-state index in [9.17, 15) is 15.3 Å². The molecule has 0 aromatic heterocycles. The van der Waals surface area contributed by atoms with Crippen LogP contribution in [0.25, 0.3) is 0 Å². The topological polar surface area (TPSA) is 60.7 Å². The number of rotatable bonds is 3. The number of aliphatic hydroxyl groups excluding tert-OH is 3. The molecule has 1 aromatic carbocycles. The predicted octanol–water partition coefficient (Wildman–Crippen LogP) is 1.98. The van der Waals surface area contributed by atoms with Gasteiger partial charge in [-0.25, -0.2) is 0 Å². The van der Waals surface area contributed by atoms with E-state index in [0.29, 0.717) is 16.7 Å². The fraction of sp³-hybridized carbons (Fsp3) is 0.333. The van der Waals surface area contributed by atoms with E-state index in [-0.39, 0.29) is 19.8 Å². The van der Waals surface area contributed by atoms with Crippen molar-refractivity contribution in [3.63, 3.8) is 0 Å². The summed E-state index contributed by atoms with van der Waals surface area (Å²) in [5.41, 5.74) is 2.08. The van der Waals surface area contributed by atoms with E-state index >= 15 is 0 Å². The Labute approximate surface area is 129 Å². The van der Waals surface area contributed by atoms with Gasteiger partial charge in [-0.15, -0.1) is 0 Å². The second-order valence-corrected chi connectivity index (χ2v) is 6.09. The molecular formula is C9H9I3O3. The molecule has 0 unspecified atom stereocenters. The van der Waals surface area contributed by atoms with Gasteiger partial charge in [0.25, 0.3) is 0 Å². The van der Waals surface area contributed by atoms with E-state index in [2.05, 4.69) is 67.8 Å². The minimum atomic E-state index is -0.158. The molecule has 6 heteroatoms. The van der Waals surface area contributed by atoms with Crippen molar-refractivity contribution in [1.29, 1.82) is 0 Å². The summed E-state index contributed by atoms with van der Waals surface area (Å²) >= 11 is 6.48. The molecule has 0 aliphatic rings. The van der Waals surface area contributed by atoms with Crippen LogP contribution in [0.5, 0.6) is 0 Å². The van der Waals surface area contributed by atoms with E-state index in [4.69, 9.17) is 0 Å². The SMILES string of the molecule is OCc1c(I)c(I)c(I)c(CO)c1CO. The van der Waals surface area contributed by atoms with Crippen molar-refractivity contribution in [3.05, 3.63) is 27.4 Å². The lowest BCUT2D eigenvalue weighted by atomic mass is 10.0. The second kappa shape index (κ2) is 6.28. The Hall–Kier alpha value is 1.29. The van der Waals surface area contributed by atoms with Gasteiger partial charge in [0.15, 0.2) is 0 Å². The smallest absolute Gasteiger partial charge is 0.0696 e. The van der Waals surface area contributed by atoms with Crippen molar-refractivity contribution in [1.82, 2.24) is 0 Å². The molecule has 3 N–H and O–H groups in total. The Morgan fingerprint density at radius 2 is 0.933 bits per heavy atom. The molecule has 0 aliphatic carbocycles. The molecule has 15 heavy (non-hydrogen) atoms. The summed E-state index contributed by atoms with van der Waals surface area (Å²) in [6.45, 7) is -0.392. The largest absolute Gasteiger partial charge is 0.392 e. The van der Waals surface area contributed by atoms with E-state index in [1.54, 1.807) is 0 Å². The molecule has 84 valence electrons. The first-order valence-corrected chi connectivity index (χ1v) is 7.31. The summed E-state index contributed by atoms with van der Waals surface area (Å²) in [4.78, 5) is 0. The summed E-state index contributed by atoms with van der Waals surface area (Å²) in [7, 11) is 0.